The summed E-state index contributed by atoms with van der Waals surface area (Å²) in [7, 11) is 0. The predicted octanol–water partition coefficient (Wildman–Crippen LogP) is 3.98. The SMILES string of the molecule is CCOc1ccccc1C(C(=O)NC(C)(C)C)N(C(=O)c1csnn1)C1CCCC1. The lowest BCUT2D eigenvalue weighted by atomic mass is 9.98. The number of benzene rings is 1. The third-order valence-electron chi connectivity index (χ3n) is 5.07. The molecule has 0 bridgehead atoms. The van der Waals surface area contributed by atoms with Crippen molar-refractivity contribution >= 4 is 23.3 Å². The summed E-state index contributed by atoms with van der Waals surface area (Å²) in [4.78, 5) is 28.9. The topological polar surface area (TPSA) is 84.4 Å². The maximum absolute atomic E-state index is 13.6. The van der Waals surface area contributed by atoms with E-state index in [9.17, 15) is 9.59 Å². The molecule has 30 heavy (non-hydrogen) atoms. The van der Waals surface area contributed by atoms with Gasteiger partial charge in [-0.15, -0.1) is 5.10 Å². The van der Waals surface area contributed by atoms with Gasteiger partial charge in [0.15, 0.2) is 5.69 Å². The molecule has 162 valence electrons. The van der Waals surface area contributed by atoms with E-state index in [2.05, 4.69) is 14.9 Å². The van der Waals surface area contributed by atoms with Crippen LogP contribution in [0.15, 0.2) is 29.6 Å². The van der Waals surface area contributed by atoms with Gasteiger partial charge in [0.1, 0.15) is 11.8 Å². The number of aromatic nitrogens is 2. The molecule has 1 aliphatic rings. The van der Waals surface area contributed by atoms with E-state index in [1.54, 1.807) is 10.3 Å². The zero-order valence-corrected chi connectivity index (χ0v) is 18.9. The summed E-state index contributed by atoms with van der Waals surface area (Å²) in [5.74, 6) is 0.121. The average Bonchev–Trinajstić information content (AvgIpc) is 3.39. The Bertz CT molecular complexity index is 858. The Hall–Kier alpha value is -2.48. The molecule has 1 heterocycles. The number of ether oxygens (including phenoxy) is 1. The van der Waals surface area contributed by atoms with Crippen LogP contribution in [0.4, 0.5) is 0 Å². The average molecular weight is 431 g/mol. The van der Waals surface area contributed by atoms with E-state index in [4.69, 9.17) is 4.74 Å². The van der Waals surface area contributed by atoms with Crippen LogP contribution in [0.3, 0.4) is 0 Å². The van der Waals surface area contributed by atoms with Gasteiger partial charge < -0.3 is 15.0 Å². The molecule has 7 nitrogen and oxygen atoms in total. The smallest absolute Gasteiger partial charge is 0.276 e. The van der Waals surface area contributed by atoms with E-state index in [0.717, 1.165) is 37.2 Å². The predicted molar refractivity (Wildman–Crippen MR) is 117 cm³/mol. The summed E-state index contributed by atoms with van der Waals surface area (Å²) in [6.45, 7) is 8.17. The van der Waals surface area contributed by atoms with E-state index in [1.807, 2.05) is 52.0 Å². The number of nitrogens with one attached hydrogen (secondary N) is 1. The number of hydrogen-bond donors (Lipinski definition) is 1. The van der Waals surface area contributed by atoms with Crippen LogP contribution in [0.5, 0.6) is 5.75 Å². The fraction of sp³-hybridized carbons (Fsp3) is 0.545. The zero-order chi connectivity index (χ0) is 21.7. The van der Waals surface area contributed by atoms with Crippen LogP contribution in [0, 0.1) is 0 Å². The van der Waals surface area contributed by atoms with Gasteiger partial charge in [-0.2, -0.15) is 0 Å². The molecule has 1 aliphatic carbocycles. The van der Waals surface area contributed by atoms with Crippen molar-refractivity contribution in [3.8, 4) is 5.75 Å². The van der Waals surface area contributed by atoms with Crippen molar-refractivity contribution in [1.82, 2.24) is 19.8 Å². The van der Waals surface area contributed by atoms with Gasteiger partial charge in [-0.1, -0.05) is 35.5 Å². The first-order chi connectivity index (χ1) is 14.3. The zero-order valence-electron chi connectivity index (χ0n) is 18.1. The molecule has 2 amide bonds. The monoisotopic (exact) mass is 430 g/mol. The second kappa shape index (κ2) is 9.55. The van der Waals surface area contributed by atoms with Gasteiger partial charge >= 0.3 is 0 Å². The van der Waals surface area contributed by atoms with E-state index in [0.29, 0.717) is 17.9 Å². The summed E-state index contributed by atoms with van der Waals surface area (Å²) in [5, 5.41) is 8.70. The summed E-state index contributed by atoms with van der Waals surface area (Å²) in [5.41, 5.74) is 0.515. The van der Waals surface area contributed by atoms with Crippen LogP contribution >= 0.6 is 11.5 Å². The molecule has 8 heteroatoms. The van der Waals surface area contributed by atoms with Crippen molar-refractivity contribution in [1.29, 1.82) is 0 Å². The first-order valence-electron chi connectivity index (χ1n) is 10.4. The van der Waals surface area contributed by atoms with E-state index >= 15 is 0 Å². The summed E-state index contributed by atoms with van der Waals surface area (Å²) < 4.78 is 9.69. The molecule has 0 radical (unpaired) electrons. The quantitative estimate of drug-likeness (QED) is 0.718. The molecular weight excluding hydrogens is 400 g/mol. The van der Waals surface area contributed by atoms with Crippen LogP contribution in [0.2, 0.25) is 0 Å². The summed E-state index contributed by atoms with van der Waals surface area (Å²) >= 11 is 1.13. The molecule has 0 saturated heterocycles. The Balaban J connectivity index is 2.11. The Kier molecular flexibility index (Phi) is 7.07. The van der Waals surface area contributed by atoms with Crippen LogP contribution < -0.4 is 10.1 Å². The molecule has 0 spiro atoms. The molecular formula is C22H30N4O3S. The third kappa shape index (κ3) is 5.16. The number of nitrogens with zero attached hydrogens (tertiary/aromatic N) is 3. The molecule has 1 saturated carbocycles. The number of amides is 2. The summed E-state index contributed by atoms with van der Waals surface area (Å²) in [6, 6.07) is 6.61. The Labute approximate surface area is 182 Å². The number of para-hydroxylation sites is 1. The Morgan fingerprint density at radius 1 is 1.27 bits per heavy atom. The third-order valence-corrected chi connectivity index (χ3v) is 5.57. The molecule has 0 aliphatic heterocycles. The number of rotatable bonds is 7. The summed E-state index contributed by atoms with van der Waals surface area (Å²) in [6.07, 6.45) is 3.79. The van der Waals surface area contributed by atoms with Crippen LogP contribution in [0.1, 0.15) is 75.5 Å². The largest absolute Gasteiger partial charge is 0.494 e. The lowest BCUT2D eigenvalue weighted by Gasteiger charge is -2.37. The normalized spacial score (nSPS) is 15.6. The van der Waals surface area contributed by atoms with Crippen molar-refractivity contribution < 1.29 is 14.3 Å². The van der Waals surface area contributed by atoms with Crippen molar-refractivity contribution in [2.24, 2.45) is 0 Å². The van der Waals surface area contributed by atoms with Crippen molar-refractivity contribution in [2.75, 3.05) is 6.61 Å². The Morgan fingerprint density at radius 2 is 1.97 bits per heavy atom. The van der Waals surface area contributed by atoms with Gasteiger partial charge in [0, 0.05) is 22.5 Å². The number of hydrogen-bond acceptors (Lipinski definition) is 6. The van der Waals surface area contributed by atoms with Gasteiger partial charge in [-0.3, -0.25) is 9.59 Å². The minimum atomic E-state index is -0.815. The van der Waals surface area contributed by atoms with E-state index in [-0.39, 0.29) is 23.6 Å². The van der Waals surface area contributed by atoms with Crippen molar-refractivity contribution in [3.05, 3.63) is 40.9 Å². The molecule has 2 aromatic rings. The Morgan fingerprint density at radius 3 is 2.57 bits per heavy atom. The standard InChI is InChI=1S/C22H30N4O3S/c1-5-29-18-13-9-8-12-16(18)19(20(27)23-22(2,3)4)26(15-10-6-7-11-15)21(28)17-14-30-25-24-17/h8-9,12-15,19H,5-7,10-11H2,1-4H3,(H,23,27). The molecule has 1 atom stereocenters. The van der Waals surface area contributed by atoms with Crippen LogP contribution in [-0.4, -0.2) is 44.5 Å². The highest BCUT2D eigenvalue weighted by Crippen LogP contribution is 2.36. The molecule has 1 aromatic carbocycles. The second-order valence-electron chi connectivity index (χ2n) is 8.55. The highest BCUT2D eigenvalue weighted by Gasteiger charge is 2.40. The lowest BCUT2D eigenvalue weighted by molar-refractivity contribution is -0.128. The van der Waals surface area contributed by atoms with Crippen LogP contribution in [-0.2, 0) is 4.79 Å². The molecule has 1 fully saturated rings. The van der Waals surface area contributed by atoms with Gasteiger partial charge in [0.2, 0.25) is 5.91 Å². The lowest BCUT2D eigenvalue weighted by Crippen LogP contribution is -2.52. The van der Waals surface area contributed by atoms with E-state index in [1.165, 1.54) is 0 Å². The number of carbonyl (C=O) groups excluding carboxylic acids is 2. The molecule has 1 N–H and O–H groups in total. The van der Waals surface area contributed by atoms with Gasteiger partial charge in [0.05, 0.1) is 6.61 Å². The fourth-order valence-electron chi connectivity index (χ4n) is 3.92. The van der Waals surface area contributed by atoms with E-state index < -0.39 is 11.6 Å². The maximum atomic E-state index is 13.6. The first-order valence-corrected chi connectivity index (χ1v) is 11.3. The van der Waals surface area contributed by atoms with Gasteiger partial charge in [-0.25, -0.2) is 0 Å². The first kappa shape index (κ1) is 22.2. The highest BCUT2D eigenvalue weighted by atomic mass is 32.1. The maximum Gasteiger partial charge on any atom is 0.276 e. The van der Waals surface area contributed by atoms with Gasteiger partial charge in [-0.05, 0) is 58.1 Å². The number of carbonyl (C=O) groups is 2. The highest BCUT2D eigenvalue weighted by molar-refractivity contribution is 7.03. The minimum Gasteiger partial charge on any atom is -0.494 e. The minimum absolute atomic E-state index is 0.0374. The second-order valence-corrected chi connectivity index (χ2v) is 9.16. The molecule has 1 aromatic heterocycles. The fourth-order valence-corrected chi connectivity index (χ4v) is 4.35. The molecule has 1 unspecified atom stereocenters. The van der Waals surface area contributed by atoms with Gasteiger partial charge in [0.25, 0.3) is 5.91 Å². The molecule has 3 rings (SSSR count). The van der Waals surface area contributed by atoms with Crippen molar-refractivity contribution in [2.45, 2.75) is 71.0 Å². The van der Waals surface area contributed by atoms with Crippen LogP contribution in [0.25, 0.3) is 0 Å². The van der Waals surface area contributed by atoms with Crippen molar-refractivity contribution in [3.63, 3.8) is 0 Å².